The molecule has 0 aromatic heterocycles. The van der Waals surface area contributed by atoms with Crippen LogP contribution in [0.1, 0.15) is 51.0 Å². The summed E-state index contributed by atoms with van der Waals surface area (Å²) in [5, 5.41) is 3.04. The molecule has 2 amide bonds. The first-order chi connectivity index (χ1) is 13.1. The number of carbonyl (C=O) groups excluding carboxylic acids is 2. The minimum Gasteiger partial charge on any atom is -0.464 e. The minimum absolute atomic E-state index is 0.0509. The summed E-state index contributed by atoms with van der Waals surface area (Å²) >= 11 is 1.73. The lowest BCUT2D eigenvalue weighted by Crippen LogP contribution is -2.50. The molecule has 0 unspecified atom stereocenters. The lowest BCUT2D eigenvalue weighted by molar-refractivity contribution is -0.148. The normalized spacial score (nSPS) is 23.3. The predicted molar refractivity (Wildman–Crippen MR) is 110 cm³/mol. The van der Waals surface area contributed by atoms with E-state index < -0.39 is 6.04 Å². The molecule has 0 bridgehead atoms. The Morgan fingerprint density at radius 1 is 1.19 bits per heavy atom. The first kappa shape index (κ1) is 20.1. The van der Waals surface area contributed by atoms with E-state index in [0.29, 0.717) is 18.3 Å². The maximum atomic E-state index is 13.1. The second-order valence-corrected chi connectivity index (χ2v) is 8.66. The summed E-state index contributed by atoms with van der Waals surface area (Å²) < 4.78 is 5.38. The molecule has 2 atom stereocenters. The summed E-state index contributed by atoms with van der Waals surface area (Å²) in [6.45, 7) is 4.40. The van der Waals surface area contributed by atoms with Crippen molar-refractivity contribution >= 4 is 29.4 Å². The van der Waals surface area contributed by atoms with Crippen LogP contribution < -0.4 is 5.32 Å². The zero-order valence-corrected chi connectivity index (χ0v) is 17.1. The second kappa shape index (κ2) is 9.49. The predicted octanol–water partition coefficient (Wildman–Crippen LogP) is 4.80. The topological polar surface area (TPSA) is 58.6 Å². The van der Waals surface area contributed by atoms with Crippen molar-refractivity contribution < 1.29 is 14.3 Å². The number of ether oxygens (including phenoxy) is 1. The molecule has 1 saturated heterocycles. The highest BCUT2D eigenvalue weighted by Gasteiger charge is 2.45. The average molecular weight is 391 g/mol. The Morgan fingerprint density at radius 3 is 2.56 bits per heavy atom. The summed E-state index contributed by atoms with van der Waals surface area (Å²) in [5.41, 5.74) is 1.90. The van der Waals surface area contributed by atoms with Crippen LogP contribution in [0.2, 0.25) is 0 Å². The number of hydrogen-bond acceptors (Lipinski definition) is 4. The standard InChI is InChI=1S/C21H30N2O3S/c1-3-13-26-20(24)18-14-27-19(16-7-5-4-6-8-16)23(18)21(25)22-17-11-9-15(2)10-12-17/h9-12,16,18-19H,3-8,13-14H2,1-2H3,(H,22,25)/t18-,19+/m0/s1. The average Bonchev–Trinajstić information content (AvgIpc) is 3.14. The van der Waals surface area contributed by atoms with Crippen molar-refractivity contribution in [2.24, 2.45) is 5.92 Å². The zero-order chi connectivity index (χ0) is 19.2. The third kappa shape index (κ3) is 4.98. The van der Waals surface area contributed by atoms with Crippen LogP contribution in [0, 0.1) is 12.8 Å². The molecular formula is C21H30N2O3S. The van der Waals surface area contributed by atoms with Gasteiger partial charge in [0.2, 0.25) is 0 Å². The van der Waals surface area contributed by atoms with Crippen molar-refractivity contribution in [3.63, 3.8) is 0 Å². The van der Waals surface area contributed by atoms with Gasteiger partial charge < -0.3 is 10.1 Å². The first-order valence-electron chi connectivity index (χ1n) is 10.0. The third-order valence-electron chi connectivity index (χ3n) is 5.35. The van der Waals surface area contributed by atoms with Gasteiger partial charge in [-0.2, -0.15) is 0 Å². The van der Waals surface area contributed by atoms with E-state index in [-0.39, 0.29) is 17.4 Å². The molecule has 3 rings (SSSR count). The molecule has 1 aliphatic carbocycles. The summed E-state index contributed by atoms with van der Waals surface area (Å²) in [5.74, 6) is 0.795. The molecule has 27 heavy (non-hydrogen) atoms. The Labute approximate surface area is 166 Å². The van der Waals surface area contributed by atoms with Crippen molar-refractivity contribution in [2.45, 2.75) is 63.8 Å². The van der Waals surface area contributed by atoms with E-state index in [1.807, 2.05) is 38.1 Å². The highest BCUT2D eigenvalue weighted by atomic mass is 32.2. The van der Waals surface area contributed by atoms with E-state index in [2.05, 4.69) is 5.32 Å². The summed E-state index contributed by atoms with van der Waals surface area (Å²) in [4.78, 5) is 27.5. The Morgan fingerprint density at radius 2 is 1.89 bits per heavy atom. The van der Waals surface area contributed by atoms with Crippen molar-refractivity contribution in [3.8, 4) is 0 Å². The number of carbonyl (C=O) groups is 2. The van der Waals surface area contributed by atoms with Crippen molar-refractivity contribution in [1.29, 1.82) is 0 Å². The molecule has 1 heterocycles. The van der Waals surface area contributed by atoms with Gasteiger partial charge in [-0.05, 0) is 44.2 Å². The largest absolute Gasteiger partial charge is 0.464 e. The first-order valence-corrected chi connectivity index (χ1v) is 11.1. The van der Waals surface area contributed by atoms with Crippen LogP contribution in [0.15, 0.2) is 24.3 Å². The Kier molecular flexibility index (Phi) is 7.05. The number of esters is 1. The Balaban J connectivity index is 1.76. The van der Waals surface area contributed by atoms with E-state index in [9.17, 15) is 9.59 Å². The summed E-state index contributed by atoms with van der Waals surface area (Å²) in [7, 11) is 0. The maximum Gasteiger partial charge on any atom is 0.329 e. The lowest BCUT2D eigenvalue weighted by Gasteiger charge is -2.35. The van der Waals surface area contributed by atoms with Gasteiger partial charge in [0.05, 0.1) is 12.0 Å². The molecule has 1 aliphatic heterocycles. The fraction of sp³-hybridized carbons (Fsp3) is 0.619. The minimum atomic E-state index is -0.501. The van der Waals surface area contributed by atoms with E-state index >= 15 is 0 Å². The fourth-order valence-electron chi connectivity index (χ4n) is 3.87. The number of nitrogens with one attached hydrogen (secondary N) is 1. The van der Waals surface area contributed by atoms with Gasteiger partial charge in [0, 0.05) is 11.4 Å². The van der Waals surface area contributed by atoms with E-state index in [1.54, 1.807) is 16.7 Å². The SMILES string of the molecule is CCCOC(=O)[C@@H]1CS[C@H](C2CCCCC2)N1C(=O)Nc1ccc(C)cc1. The van der Waals surface area contributed by atoms with E-state index in [1.165, 1.54) is 19.3 Å². The lowest BCUT2D eigenvalue weighted by atomic mass is 9.88. The molecule has 0 spiro atoms. The number of nitrogens with zero attached hydrogens (tertiary/aromatic N) is 1. The number of rotatable bonds is 5. The third-order valence-corrected chi connectivity index (χ3v) is 6.81. The summed E-state index contributed by atoms with van der Waals surface area (Å²) in [6, 6.07) is 7.05. The Hall–Kier alpha value is -1.69. The number of benzene rings is 1. The molecule has 148 valence electrons. The fourth-order valence-corrected chi connectivity index (χ4v) is 5.50. The number of hydrogen-bond donors (Lipinski definition) is 1. The number of aryl methyl sites for hydroxylation is 1. The van der Waals surface area contributed by atoms with Gasteiger partial charge in [-0.3, -0.25) is 4.90 Å². The van der Waals surface area contributed by atoms with Gasteiger partial charge in [0.15, 0.2) is 0 Å². The van der Waals surface area contributed by atoms with E-state index in [4.69, 9.17) is 4.74 Å². The molecule has 2 fully saturated rings. The number of anilines is 1. The molecule has 1 aromatic rings. The van der Waals surface area contributed by atoms with Gasteiger partial charge in [-0.1, -0.05) is 43.9 Å². The highest BCUT2D eigenvalue weighted by molar-refractivity contribution is 8.00. The second-order valence-electron chi connectivity index (χ2n) is 7.51. The zero-order valence-electron chi connectivity index (χ0n) is 16.3. The van der Waals surface area contributed by atoms with Gasteiger partial charge >= 0.3 is 12.0 Å². The molecule has 1 aromatic carbocycles. The van der Waals surface area contributed by atoms with Gasteiger partial charge in [-0.15, -0.1) is 11.8 Å². The Bertz CT molecular complexity index is 643. The highest BCUT2D eigenvalue weighted by Crippen LogP contribution is 2.41. The molecule has 1 saturated carbocycles. The number of amides is 2. The molecule has 1 N–H and O–H groups in total. The molecule has 5 nitrogen and oxygen atoms in total. The van der Waals surface area contributed by atoms with Crippen LogP contribution in [0.25, 0.3) is 0 Å². The van der Waals surface area contributed by atoms with Crippen molar-refractivity contribution in [2.75, 3.05) is 17.7 Å². The monoisotopic (exact) mass is 390 g/mol. The number of urea groups is 1. The summed E-state index contributed by atoms with van der Waals surface area (Å²) in [6.07, 6.45) is 6.73. The molecule has 6 heteroatoms. The maximum absolute atomic E-state index is 13.1. The van der Waals surface area contributed by atoms with Crippen molar-refractivity contribution in [1.82, 2.24) is 4.90 Å². The quantitative estimate of drug-likeness (QED) is 0.734. The van der Waals surface area contributed by atoms with Crippen LogP contribution in [-0.2, 0) is 9.53 Å². The van der Waals surface area contributed by atoms with E-state index in [0.717, 1.165) is 30.5 Å². The van der Waals surface area contributed by atoms with Gasteiger partial charge in [0.25, 0.3) is 0 Å². The number of thioether (sulfide) groups is 1. The van der Waals surface area contributed by atoms with Crippen LogP contribution >= 0.6 is 11.8 Å². The molecule has 0 radical (unpaired) electrons. The van der Waals surface area contributed by atoms with Crippen LogP contribution in [-0.4, -0.2) is 40.7 Å². The van der Waals surface area contributed by atoms with Crippen LogP contribution in [0.3, 0.4) is 0 Å². The molecule has 2 aliphatic rings. The van der Waals surface area contributed by atoms with Crippen LogP contribution in [0.5, 0.6) is 0 Å². The van der Waals surface area contributed by atoms with Gasteiger partial charge in [0.1, 0.15) is 6.04 Å². The molecular weight excluding hydrogens is 360 g/mol. The van der Waals surface area contributed by atoms with Crippen LogP contribution in [0.4, 0.5) is 10.5 Å². The van der Waals surface area contributed by atoms with Crippen molar-refractivity contribution in [3.05, 3.63) is 29.8 Å². The van der Waals surface area contributed by atoms with Gasteiger partial charge in [-0.25, -0.2) is 9.59 Å². The smallest absolute Gasteiger partial charge is 0.329 e.